The quantitative estimate of drug-likeness (QED) is 0.248. The van der Waals surface area contributed by atoms with Gasteiger partial charge in [-0.15, -0.1) is 10.2 Å². The number of pyridine rings is 1. The Labute approximate surface area is 204 Å². The maximum absolute atomic E-state index is 6.20. The summed E-state index contributed by atoms with van der Waals surface area (Å²) in [5, 5.41) is 10.6. The summed E-state index contributed by atoms with van der Waals surface area (Å²) < 4.78 is 11.7. The molecule has 0 amide bonds. The number of rotatable bonds is 5. The van der Waals surface area contributed by atoms with Crippen molar-refractivity contribution >= 4 is 45.7 Å². The van der Waals surface area contributed by atoms with Crippen LogP contribution in [0.4, 0.5) is 0 Å². The molecule has 0 aliphatic heterocycles. The van der Waals surface area contributed by atoms with Gasteiger partial charge in [0.2, 0.25) is 5.89 Å². The predicted molar refractivity (Wildman–Crippen MR) is 131 cm³/mol. The van der Waals surface area contributed by atoms with Crippen LogP contribution in [0.25, 0.3) is 33.9 Å². The van der Waals surface area contributed by atoms with Gasteiger partial charge in [0, 0.05) is 16.0 Å². The first-order valence-electron chi connectivity index (χ1n) is 10.0. The Bertz CT molecular complexity index is 1460. The van der Waals surface area contributed by atoms with E-state index in [0.29, 0.717) is 38.3 Å². The first-order valence-corrected chi connectivity index (χ1v) is 11.2. The Morgan fingerprint density at radius 1 is 0.848 bits per heavy atom. The van der Waals surface area contributed by atoms with Crippen LogP contribution in [0.2, 0.25) is 15.1 Å². The van der Waals surface area contributed by atoms with Crippen molar-refractivity contribution in [3.63, 3.8) is 0 Å². The zero-order chi connectivity index (χ0) is 22.9. The molecule has 0 atom stereocenters. The molecule has 0 unspecified atom stereocenters. The third-order valence-corrected chi connectivity index (χ3v) is 5.79. The van der Waals surface area contributed by atoms with Gasteiger partial charge in [0.15, 0.2) is 5.75 Å². The summed E-state index contributed by atoms with van der Waals surface area (Å²) in [6, 6.07) is 20.7. The van der Waals surface area contributed by atoms with E-state index in [-0.39, 0.29) is 6.61 Å². The number of benzene rings is 3. The Morgan fingerprint density at radius 3 is 2.45 bits per heavy atom. The Hall–Kier alpha value is -3.12. The normalized spacial score (nSPS) is 11.2. The van der Waals surface area contributed by atoms with Crippen molar-refractivity contribution in [2.24, 2.45) is 0 Å². The molecule has 0 N–H and O–H groups in total. The van der Waals surface area contributed by atoms with Gasteiger partial charge in [0.25, 0.3) is 5.89 Å². The molecule has 2 aromatic heterocycles. The van der Waals surface area contributed by atoms with Gasteiger partial charge in [-0.1, -0.05) is 64.6 Å². The van der Waals surface area contributed by atoms with E-state index in [9.17, 15) is 0 Å². The zero-order valence-corrected chi connectivity index (χ0v) is 19.6. The van der Waals surface area contributed by atoms with Crippen molar-refractivity contribution in [1.82, 2.24) is 15.2 Å². The van der Waals surface area contributed by atoms with E-state index in [1.54, 1.807) is 12.1 Å². The molecule has 164 valence electrons. The van der Waals surface area contributed by atoms with Gasteiger partial charge in [0.05, 0.1) is 15.6 Å². The summed E-state index contributed by atoms with van der Waals surface area (Å²) >= 11 is 18.4. The van der Waals surface area contributed by atoms with Gasteiger partial charge < -0.3 is 9.15 Å². The van der Waals surface area contributed by atoms with Gasteiger partial charge in [-0.05, 0) is 55.0 Å². The summed E-state index contributed by atoms with van der Waals surface area (Å²) in [5.41, 5.74) is 4.32. The molecule has 5 nitrogen and oxygen atoms in total. The topological polar surface area (TPSA) is 61.0 Å². The molecule has 3 aromatic carbocycles. The van der Waals surface area contributed by atoms with E-state index < -0.39 is 0 Å². The van der Waals surface area contributed by atoms with E-state index in [1.165, 1.54) is 5.56 Å². The molecule has 0 fully saturated rings. The summed E-state index contributed by atoms with van der Waals surface area (Å²) in [4.78, 5) is 4.65. The molecule has 5 rings (SSSR count). The number of aromatic nitrogens is 3. The minimum absolute atomic E-state index is 0.252. The summed E-state index contributed by atoms with van der Waals surface area (Å²) in [7, 11) is 0. The first-order chi connectivity index (χ1) is 16.0. The van der Waals surface area contributed by atoms with Crippen LogP contribution in [0.5, 0.6) is 5.75 Å². The second-order valence-electron chi connectivity index (χ2n) is 7.49. The summed E-state index contributed by atoms with van der Waals surface area (Å²) in [6.07, 6.45) is 0. The van der Waals surface area contributed by atoms with Gasteiger partial charge in [-0.25, -0.2) is 4.98 Å². The third kappa shape index (κ3) is 4.67. The average molecular weight is 497 g/mol. The van der Waals surface area contributed by atoms with Crippen LogP contribution in [0.15, 0.2) is 71.1 Å². The monoisotopic (exact) mass is 495 g/mol. The van der Waals surface area contributed by atoms with Crippen LogP contribution in [0, 0.1) is 6.92 Å². The number of nitrogens with zero attached hydrogens (tertiary/aromatic N) is 3. The Morgan fingerprint density at radius 2 is 1.64 bits per heavy atom. The van der Waals surface area contributed by atoms with Crippen molar-refractivity contribution in [3.8, 4) is 28.8 Å². The molecule has 0 saturated carbocycles. The van der Waals surface area contributed by atoms with Crippen LogP contribution in [0.1, 0.15) is 11.1 Å². The third-order valence-electron chi connectivity index (χ3n) is 5.01. The lowest BCUT2D eigenvalue weighted by Crippen LogP contribution is -1.97. The van der Waals surface area contributed by atoms with E-state index in [4.69, 9.17) is 44.0 Å². The molecule has 0 spiro atoms. The SMILES string of the molecule is Cc1ccc2nc(-c3nnc(-c4cccc(COc5c(Cl)cc(Cl)cc5Cl)c4)o3)ccc2c1. The van der Waals surface area contributed by atoms with Crippen molar-refractivity contribution in [1.29, 1.82) is 0 Å². The summed E-state index contributed by atoms with van der Waals surface area (Å²) in [6.45, 7) is 2.30. The highest BCUT2D eigenvalue weighted by atomic mass is 35.5. The van der Waals surface area contributed by atoms with Crippen LogP contribution < -0.4 is 4.74 Å². The predicted octanol–water partition coefficient (Wildman–Crippen LogP) is 7.80. The van der Waals surface area contributed by atoms with E-state index in [2.05, 4.69) is 28.2 Å². The Balaban J connectivity index is 1.37. The van der Waals surface area contributed by atoms with E-state index in [1.807, 2.05) is 48.5 Å². The van der Waals surface area contributed by atoms with Gasteiger partial charge in [-0.3, -0.25) is 0 Å². The lowest BCUT2D eigenvalue weighted by Gasteiger charge is -2.11. The smallest absolute Gasteiger partial charge is 0.266 e. The number of fused-ring (bicyclic) bond motifs is 1. The minimum Gasteiger partial charge on any atom is -0.486 e. The second-order valence-corrected chi connectivity index (χ2v) is 8.74. The highest BCUT2D eigenvalue weighted by Gasteiger charge is 2.14. The van der Waals surface area contributed by atoms with Gasteiger partial charge in [-0.2, -0.15) is 0 Å². The number of hydrogen-bond acceptors (Lipinski definition) is 5. The fourth-order valence-electron chi connectivity index (χ4n) is 3.42. The molecular formula is C25H16Cl3N3O2. The van der Waals surface area contributed by atoms with Crippen LogP contribution in [0.3, 0.4) is 0 Å². The minimum atomic E-state index is 0.252. The largest absolute Gasteiger partial charge is 0.486 e. The molecule has 2 heterocycles. The zero-order valence-electron chi connectivity index (χ0n) is 17.3. The van der Waals surface area contributed by atoms with Crippen LogP contribution in [-0.4, -0.2) is 15.2 Å². The lowest BCUT2D eigenvalue weighted by atomic mass is 10.1. The molecule has 5 aromatic rings. The highest BCUT2D eigenvalue weighted by Crippen LogP contribution is 2.36. The molecule has 0 saturated heterocycles. The first kappa shape index (κ1) is 21.7. The summed E-state index contributed by atoms with van der Waals surface area (Å²) in [5.74, 6) is 1.12. The fraction of sp³-hybridized carbons (Fsp3) is 0.0800. The molecule has 33 heavy (non-hydrogen) atoms. The van der Waals surface area contributed by atoms with E-state index in [0.717, 1.165) is 22.0 Å². The molecule has 0 bridgehead atoms. The van der Waals surface area contributed by atoms with E-state index >= 15 is 0 Å². The number of ether oxygens (including phenoxy) is 1. The highest BCUT2D eigenvalue weighted by molar-refractivity contribution is 6.40. The second kappa shape index (κ2) is 9.02. The van der Waals surface area contributed by atoms with Gasteiger partial charge >= 0.3 is 0 Å². The van der Waals surface area contributed by atoms with Crippen LogP contribution in [-0.2, 0) is 6.61 Å². The standard InChI is InChI=1S/C25H16Cl3N3O2/c1-14-5-7-21-16(9-14)6-8-22(29-21)25-31-30-24(33-25)17-4-2-3-15(10-17)13-32-23-19(27)11-18(26)12-20(23)28/h2-12H,13H2,1H3. The Kier molecular flexibility index (Phi) is 5.94. The van der Waals surface area contributed by atoms with Crippen molar-refractivity contribution in [2.75, 3.05) is 0 Å². The number of halogens is 3. The molecule has 0 aliphatic carbocycles. The lowest BCUT2D eigenvalue weighted by molar-refractivity contribution is 0.306. The van der Waals surface area contributed by atoms with Crippen molar-refractivity contribution < 1.29 is 9.15 Å². The average Bonchev–Trinajstić information content (AvgIpc) is 3.29. The maximum Gasteiger partial charge on any atom is 0.266 e. The van der Waals surface area contributed by atoms with Crippen molar-refractivity contribution in [3.05, 3.63) is 92.9 Å². The van der Waals surface area contributed by atoms with Gasteiger partial charge in [0.1, 0.15) is 12.3 Å². The van der Waals surface area contributed by atoms with Crippen LogP contribution >= 0.6 is 34.8 Å². The molecule has 8 heteroatoms. The maximum atomic E-state index is 6.20. The molecule has 0 aliphatic rings. The molecule has 0 radical (unpaired) electrons. The fourth-order valence-corrected chi connectivity index (χ4v) is 4.35. The number of aryl methyl sites for hydroxylation is 1. The van der Waals surface area contributed by atoms with Crippen molar-refractivity contribution in [2.45, 2.75) is 13.5 Å². The number of hydrogen-bond donors (Lipinski definition) is 0. The molecular weight excluding hydrogens is 481 g/mol.